The van der Waals surface area contributed by atoms with Crippen molar-refractivity contribution in [3.05, 3.63) is 65.0 Å². The molecular formula is C18H22FIN4O. The van der Waals surface area contributed by atoms with E-state index in [9.17, 15) is 9.18 Å². The van der Waals surface area contributed by atoms with Gasteiger partial charge in [0.2, 0.25) is 0 Å². The summed E-state index contributed by atoms with van der Waals surface area (Å²) in [6.45, 7) is 4.29. The van der Waals surface area contributed by atoms with Crippen LogP contribution in [0.15, 0.2) is 47.5 Å². The summed E-state index contributed by atoms with van der Waals surface area (Å²) >= 11 is 0. The zero-order chi connectivity index (χ0) is 17.5. The minimum absolute atomic E-state index is 0. The molecule has 7 heteroatoms. The summed E-state index contributed by atoms with van der Waals surface area (Å²) in [6, 6.07) is 12.1. The van der Waals surface area contributed by atoms with Crippen molar-refractivity contribution in [1.29, 1.82) is 0 Å². The van der Waals surface area contributed by atoms with Crippen molar-refractivity contribution in [1.82, 2.24) is 5.32 Å². The molecule has 2 aromatic carbocycles. The molecule has 0 aliphatic carbocycles. The van der Waals surface area contributed by atoms with E-state index in [0.29, 0.717) is 18.7 Å². The fourth-order valence-corrected chi connectivity index (χ4v) is 2.01. The van der Waals surface area contributed by atoms with Crippen LogP contribution < -0.4 is 16.4 Å². The fourth-order valence-electron chi connectivity index (χ4n) is 2.01. The van der Waals surface area contributed by atoms with Crippen LogP contribution in [0.2, 0.25) is 0 Å². The van der Waals surface area contributed by atoms with Crippen LogP contribution in [0.3, 0.4) is 0 Å². The molecular weight excluding hydrogens is 434 g/mol. The fraction of sp³-hybridized carbons (Fsp3) is 0.222. The lowest BCUT2D eigenvalue weighted by Gasteiger charge is -2.07. The Bertz CT molecular complexity index is 747. The maximum Gasteiger partial charge on any atom is 0.251 e. The van der Waals surface area contributed by atoms with Crippen LogP contribution in [0.25, 0.3) is 0 Å². The van der Waals surface area contributed by atoms with E-state index < -0.39 is 5.82 Å². The molecule has 0 aliphatic rings. The molecule has 4 N–H and O–H groups in total. The minimum atomic E-state index is -0.396. The molecule has 0 aliphatic heterocycles. The van der Waals surface area contributed by atoms with Gasteiger partial charge in [0, 0.05) is 17.8 Å². The van der Waals surface area contributed by atoms with E-state index in [0.717, 1.165) is 11.3 Å². The summed E-state index contributed by atoms with van der Waals surface area (Å²) in [7, 11) is 0. The van der Waals surface area contributed by atoms with E-state index >= 15 is 0 Å². The number of aliphatic imine (C=N–C) groups is 1. The van der Waals surface area contributed by atoms with Gasteiger partial charge in [-0.3, -0.25) is 9.79 Å². The Morgan fingerprint density at radius 3 is 2.48 bits per heavy atom. The second-order valence-corrected chi connectivity index (χ2v) is 5.48. The lowest BCUT2D eigenvalue weighted by Crippen LogP contribution is -2.28. The highest BCUT2D eigenvalue weighted by Gasteiger charge is 2.07. The number of rotatable bonds is 5. The van der Waals surface area contributed by atoms with Crippen molar-refractivity contribution in [2.45, 2.75) is 13.8 Å². The Balaban J connectivity index is 0.00000312. The van der Waals surface area contributed by atoms with Crippen molar-refractivity contribution < 1.29 is 9.18 Å². The average molecular weight is 456 g/mol. The molecule has 0 unspecified atom stereocenters. The van der Waals surface area contributed by atoms with Crippen LogP contribution in [0.5, 0.6) is 0 Å². The quantitative estimate of drug-likeness (QED) is 0.280. The minimum Gasteiger partial charge on any atom is -0.370 e. The van der Waals surface area contributed by atoms with Gasteiger partial charge in [0.25, 0.3) is 5.91 Å². The third kappa shape index (κ3) is 6.69. The first-order valence-electron chi connectivity index (χ1n) is 7.63. The van der Waals surface area contributed by atoms with Gasteiger partial charge < -0.3 is 16.4 Å². The Hall–Kier alpha value is -2.16. The van der Waals surface area contributed by atoms with Gasteiger partial charge in [-0.1, -0.05) is 23.8 Å². The van der Waals surface area contributed by atoms with E-state index in [1.807, 2.05) is 31.2 Å². The molecule has 0 radical (unpaired) electrons. The first-order valence-corrected chi connectivity index (χ1v) is 7.63. The third-order valence-electron chi connectivity index (χ3n) is 3.44. The molecule has 0 saturated carbocycles. The number of hydrogen-bond donors (Lipinski definition) is 3. The predicted octanol–water partition coefficient (Wildman–Crippen LogP) is 3.22. The smallest absolute Gasteiger partial charge is 0.251 e. The molecule has 1 amide bonds. The highest BCUT2D eigenvalue weighted by Crippen LogP contribution is 2.09. The zero-order valence-electron chi connectivity index (χ0n) is 14.2. The van der Waals surface area contributed by atoms with Crippen molar-refractivity contribution in [3.63, 3.8) is 0 Å². The number of halogens is 2. The number of nitrogens with zero attached hydrogens (tertiary/aromatic N) is 1. The Morgan fingerprint density at radius 2 is 1.84 bits per heavy atom. The van der Waals surface area contributed by atoms with Gasteiger partial charge in [-0.05, 0) is 43.7 Å². The number of hydrogen-bond acceptors (Lipinski definition) is 2. The van der Waals surface area contributed by atoms with Gasteiger partial charge in [-0.2, -0.15) is 0 Å². The maximum atomic E-state index is 13.4. The molecule has 134 valence electrons. The molecule has 2 aromatic rings. The normalized spacial score (nSPS) is 10.8. The molecule has 2 rings (SSSR count). The molecule has 25 heavy (non-hydrogen) atoms. The highest BCUT2D eigenvalue weighted by atomic mass is 127. The molecule has 0 bridgehead atoms. The number of anilines is 1. The first-order chi connectivity index (χ1) is 11.5. The Labute approximate surface area is 163 Å². The van der Waals surface area contributed by atoms with Gasteiger partial charge in [0.15, 0.2) is 5.96 Å². The Kier molecular flexibility index (Phi) is 8.33. The molecule has 0 spiro atoms. The maximum absolute atomic E-state index is 13.4. The molecule has 0 aromatic heterocycles. The SMILES string of the molecule is Cc1ccc(NC(N)=NCCNC(=O)c2ccc(C)c(F)c2)cc1.I. The number of aryl methyl sites for hydroxylation is 2. The van der Waals surface area contributed by atoms with E-state index in [-0.39, 0.29) is 41.4 Å². The topological polar surface area (TPSA) is 79.5 Å². The number of nitrogens with two attached hydrogens (primary N) is 1. The van der Waals surface area contributed by atoms with Gasteiger partial charge in [-0.15, -0.1) is 24.0 Å². The molecule has 0 fully saturated rings. The summed E-state index contributed by atoms with van der Waals surface area (Å²) in [6.07, 6.45) is 0. The third-order valence-corrected chi connectivity index (χ3v) is 3.44. The van der Waals surface area contributed by atoms with Gasteiger partial charge in [0.05, 0.1) is 6.54 Å². The number of carbonyl (C=O) groups excluding carboxylic acids is 1. The average Bonchev–Trinajstić information content (AvgIpc) is 2.56. The molecule has 0 atom stereocenters. The van der Waals surface area contributed by atoms with E-state index in [4.69, 9.17) is 5.73 Å². The van der Waals surface area contributed by atoms with Gasteiger partial charge in [-0.25, -0.2) is 4.39 Å². The molecule has 0 heterocycles. The van der Waals surface area contributed by atoms with Crippen molar-refractivity contribution in [2.24, 2.45) is 10.7 Å². The van der Waals surface area contributed by atoms with E-state index in [2.05, 4.69) is 15.6 Å². The number of carbonyl (C=O) groups is 1. The number of benzene rings is 2. The van der Waals surface area contributed by atoms with Crippen LogP contribution in [0.4, 0.5) is 10.1 Å². The predicted molar refractivity (Wildman–Crippen MR) is 110 cm³/mol. The molecule has 0 saturated heterocycles. The first kappa shape index (κ1) is 20.9. The summed E-state index contributed by atoms with van der Waals surface area (Å²) in [5.41, 5.74) is 8.58. The standard InChI is InChI=1S/C18H21FN4O.HI/c1-12-3-7-15(8-4-12)23-18(20)22-10-9-21-17(24)14-6-5-13(2)16(19)11-14;/h3-8,11H,9-10H2,1-2H3,(H,21,24)(H3,20,22,23);1H. The highest BCUT2D eigenvalue weighted by molar-refractivity contribution is 14.0. The monoisotopic (exact) mass is 456 g/mol. The van der Waals surface area contributed by atoms with Gasteiger partial charge in [0.1, 0.15) is 5.82 Å². The Morgan fingerprint density at radius 1 is 1.16 bits per heavy atom. The van der Waals surface area contributed by atoms with E-state index in [1.165, 1.54) is 6.07 Å². The lowest BCUT2D eigenvalue weighted by molar-refractivity contribution is 0.0954. The number of guanidine groups is 1. The second-order valence-electron chi connectivity index (χ2n) is 5.48. The summed E-state index contributed by atoms with van der Waals surface area (Å²) < 4.78 is 13.4. The van der Waals surface area contributed by atoms with Crippen LogP contribution in [-0.4, -0.2) is 25.0 Å². The van der Waals surface area contributed by atoms with Crippen molar-refractivity contribution in [3.8, 4) is 0 Å². The van der Waals surface area contributed by atoms with Crippen LogP contribution in [-0.2, 0) is 0 Å². The summed E-state index contributed by atoms with van der Waals surface area (Å²) in [4.78, 5) is 16.0. The summed E-state index contributed by atoms with van der Waals surface area (Å²) in [5, 5.41) is 5.64. The van der Waals surface area contributed by atoms with Crippen LogP contribution >= 0.6 is 24.0 Å². The van der Waals surface area contributed by atoms with Crippen molar-refractivity contribution in [2.75, 3.05) is 18.4 Å². The van der Waals surface area contributed by atoms with E-state index in [1.54, 1.807) is 19.1 Å². The lowest BCUT2D eigenvalue weighted by atomic mass is 10.1. The summed E-state index contributed by atoms with van der Waals surface area (Å²) in [5.74, 6) is -0.462. The molecule has 5 nitrogen and oxygen atoms in total. The van der Waals surface area contributed by atoms with Gasteiger partial charge >= 0.3 is 0 Å². The van der Waals surface area contributed by atoms with Crippen LogP contribution in [0, 0.1) is 19.7 Å². The second kappa shape index (κ2) is 9.97. The number of nitrogens with one attached hydrogen (secondary N) is 2. The van der Waals surface area contributed by atoms with Crippen LogP contribution in [0.1, 0.15) is 21.5 Å². The zero-order valence-corrected chi connectivity index (χ0v) is 16.5. The largest absolute Gasteiger partial charge is 0.370 e. The number of amides is 1. The van der Waals surface area contributed by atoms with Crippen molar-refractivity contribution >= 4 is 41.5 Å².